The number of fused-ring (bicyclic) bond motifs is 1. The van der Waals surface area contributed by atoms with Crippen molar-refractivity contribution in [3.05, 3.63) is 85.6 Å². The maximum Gasteiger partial charge on any atom is 0.0537 e. The number of rotatable bonds is 4. The monoisotopic (exact) mass is 285 g/mol. The molecule has 0 bridgehead atoms. The van der Waals surface area contributed by atoms with Crippen LogP contribution in [0.15, 0.2) is 74.3 Å². The summed E-state index contributed by atoms with van der Waals surface area (Å²) < 4.78 is 2.13. The van der Waals surface area contributed by atoms with Crippen molar-refractivity contribution < 1.29 is 0 Å². The maximum absolute atomic E-state index is 4.09. The number of nitrogens with zero attached hydrogens (tertiary/aromatic N) is 1. The summed E-state index contributed by atoms with van der Waals surface area (Å²) >= 11 is 0. The van der Waals surface area contributed by atoms with Crippen molar-refractivity contribution >= 4 is 22.7 Å². The van der Waals surface area contributed by atoms with Gasteiger partial charge in [0.2, 0.25) is 0 Å². The average Bonchev–Trinajstić information content (AvgIpc) is 2.85. The van der Waals surface area contributed by atoms with E-state index in [-0.39, 0.29) is 0 Å². The molecule has 1 aromatic heterocycles. The molecule has 0 atom stereocenters. The van der Waals surface area contributed by atoms with Gasteiger partial charge >= 0.3 is 0 Å². The molecular formula is C21H19N. The van der Waals surface area contributed by atoms with Crippen LogP contribution in [0.1, 0.15) is 11.3 Å². The number of allylic oxidation sites excluding steroid dienone is 2. The molecule has 0 saturated heterocycles. The van der Waals surface area contributed by atoms with Crippen LogP contribution in [-0.4, -0.2) is 4.57 Å². The molecule has 0 saturated carbocycles. The first-order valence-corrected chi connectivity index (χ1v) is 7.32. The lowest BCUT2D eigenvalue weighted by Crippen LogP contribution is -1.95. The van der Waals surface area contributed by atoms with E-state index in [0.29, 0.717) is 0 Å². The zero-order chi connectivity index (χ0) is 15.7. The highest BCUT2D eigenvalue weighted by Crippen LogP contribution is 2.33. The Morgan fingerprint density at radius 2 is 1.73 bits per heavy atom. The topological polar surface area (TPSA) is 4.93 Å². The molecule has 0 N–H and O–H groups in total. The minimum atomic E-state index is 0.878. The normalized spacial score (nSPS) is 10.6. The lowest BCUT2D eigenvalue weighted by Gasteiger charge is -2.08. The van der Waals surface area contributed by atoms with Crippen LogP contribution in [-0.2, 0) is 0 Å². The molecule has 0 aliphatic carbocycles. The Labute approximate surface area is 131 Å². The van der Waals surface area contributed by atoms with Crippen molar-refractivity contribution in [3.63, 3.8) is 0 Å². The van der Waals surface area contributed by atoms with Gasteiger partial charge in [0.25, 0.3) is 0 Å². The third-order valence-electron chi connectivity index (χ3n) is 4.09. The molecule has 1 heterocycles. The summed E-state index contributed by atoms with van der Waals surface area (Å²) in [5, 5.41) is 1.19. The molecule has 0 amide bonds. The van der Waals surface area contributed by atoms with Crippen molar-refractivity contribution in [1.82, 2.24) is 4.57 Å². The van der Waals surface area contributed by atoms with E-state index in [0.717, 1.165) is 22.5 Å². The van der Waals surface area contributed by atoms with Crippen LogP contribution in [0.2, 0.25) is 0 Å². The van der Waals surface area contributed by atoms with E-state index in [2.05, 4.69) is 73.7 Å². The van der Waals surface area contributed by atoms with Gasteiger partial charge in [-0.3, -0.25) is 0 Å². The lowest BCUT2D eigenvalue weighted by atomic mass is 10.0. The molecule has 0 spiro atoms. The second-order valence-electron chi connectivity index (χ2n) is 5.33. The molecule has 0 aliphatic rings. The number of hydrogen-bond acceptors (Lipinski definition) is 0. The van der Waals surface area contributed by atoms with Gasteiger partial charge < -0.3 is 4.57 Å². The van der Waals surface area contributed by atoms with E-state index in [9.17, 15) is 0 Å². The third kappa shape index (κ3) is 2.11. The Bertz CT molecular complexity index is 879. The Morgan fingerprint density at radius 3 is 2.36 bits per heavy atom. The van der Waals surface area contributed by atoms with Gasteiger partial charge in [-0.25, -0.2) is 0 Å². The molecule has 0 unspecified atom stereocenters. The molecule has 1 heteroatoms. The quantitative estimate of drug-likeness (QED) is 0.525. The summed E-state index contributed by atoms with van der Waals surface area (Å²) in [5.74, 6) is 0. The molecule has 0 fully saturated rings. The Kier molecular flexibility index (Phi) is 3.56. The van der Waals surface area contributed by atoms with Crippen molar-refractivity contribution in [2.75, 3.05) is 0 Å². The molecule has 3 aromatic rings. The summed E-state index contributed by atoms with van der Waals surface area (Å²) in [5.41, 5.74) is 6.72. The van der Waals surface area contributed by atoms with Crippen molar-refractivity contribution in [3.8, 4) is 11.1 Å². The predicted octanol–water partition coefficient (Wildman–Crippen LogP) is 5.92. The van der Waals surface area contributed by atoms with Crippen LogP contribution in [0.5, 0.6) is 0 Å². The number of aromatic nitrogens is 1. The fourth-order valence-corrected chi connectivity index (χ4v) is 2.97. The number of hydrogen-bond donors (Lipinski definition) is 0. The largest absolute Gasteiger partial charge is 0.314 e. The highest BCUT2D eigenvalue weighted by atomic mass is 15.0. The van der Waals surface area contributed by atoms with E-state index in [1.54, 1.807) is 6.08 Å². The highest BCUT2D eigenvalue weighted by Gasteiger charge is 2.13. The minimum absolute atomic E-state index is 0.878. The van der Waals surface area contributed by atoms with Crippen LogP contribution >= 0.6 is 0 Å². The lowest BCUT2D eigenvalue weighted by molar-refractivity contribution is 1.09. The first-order chi connectivity index (χ1) is 10.7. The summed E-state index contributed by atoms with van der Waals surface area (Å²) in [4.78, 5) is 0. The molecular weight excluding hydrogens is 266 g/mol. The Morgan fingerprint density at radius 1 is 1.00 bits per heavy atom. The van der Waals surface area contributed by atoms with Crippen LogP contribution in [0.4, 0.5) is 0 Å². The molecule has 0 radical (unpaired) electrons. The smallest absolute Gasteiger partial charge is 0.0537 e. The highest BCUT2D eigenvalue weighted by molar-refractivity contribution is 5.96. The van der Waals surface area contributed by atoms with Gasteiger partial charge in [-0.15, -0.1) is 0 Å². The minimum Gasteiger partial charge on any atom is -0.314 e. The fraction of sp³-hybridized carbons (Fsp3) is 0.0476. The molecule has 0 aliphatic heterocycles. The van der Waals surface area contributed by atoms with Crippen molar-refractivity contribution in [1.29, 1.82) is 0 Å². The van der Waals surface area contributed by atoms with E-state index in [4.69, 9.17) is 0 Å². The number of benzene rings is 2. The van der Waals surface area contributed by atoms with Gasteiger partial charge in [-0.1, -0.05) is 62.2 Å². The van der Waals surface area contributed by atoms with Gasteiger partial charge in [-0.2, -0.15) is 0 Å². The zero-order valence-corrected chi connectivity index (χ0v) is 12.8. The first kappa shape index (κ1) is 14.2. The van der Waals surface area contributed by atoms with E-state index < -0.39 is 0 Å². The molecule has 108 valence electrons. The van der Waals surface area contributed by atoms with E-state index >= 15 is 0 Å². The predicted molar refractivity (Wildman–Crippen MR) is 97.7 cm³/mol. The van der Waals surface area contributed by atoms with Crippen molar-refractivity contribution in [2.45, 2.75) is 6.92 Å². The van der Waals surface area contributed by atoms with Crippen LogP contribution in [0.3, 0.4) is 0 Å². The fourth-order valence-electron chi connectivity index (χ4n) is 2.97. The summed E-state index contributed by atoms with van der Waals surface area (Å²) in [7, 11) is 0. The summed E-state index contributed by atoms with van der Waals surface area (Å²) in [6.07, 6.45) is 3.70. The molecule has 1 nitrogen and oxygen atoms in total. The summed E-state index contributed by atoms with van der Waals surface area (Å²) in [6, 6.07) is 16.9. The van der Waals surface area contributed by atoms with E-state index in [1.807, 2.05) is 12.1 Å². The van der Waals surface area contributed by atoms with E-state index in [1.165, 1.54) is 16.5 Å². The SMILES string of the molecule is C=CC(=C)n1c(C)c(C=C)c2cc(-c3ccccc3)ccc21. The van der Waals surface area contributed by atoms with Crippen LogP contribution in [0, 0.1) is 6.92 Å². The molecule has 2 aromatic carbocycles. The van der Waals surface area contributed by atoms with Gasteiger partial charge in [0.05, 0.1) is 5.52 Å². The van der Waals surface area contributed by atoms with Crippen LogP contribution in [0.25, 0.3) is 33.8 Å². The average molecular weight is 285 g/mol. The Balaban J connectivity index is 2.31. The van der Waals surface area contributed by atoms with Crippen molar-refractivity contribution in [2.24, 2.45) is 0 Å². The van der Waals surface area contributed by atoms with Gasteiger partial charge in [0, 0.05) is 22.3 Å². The molecule has 3 rings (SSSR count). The molecule has 22 heavy (non-hydrogen) atoms. The van der Waals surface area contributed by atoms with Gasteiger partial charge in [0.1, 0.15) is 0 Å². The first-order valence-electron chi connectivity index (χ1n) is 7.32. The zero-order valence-electron chi connectivity index (χ0n) is 12.8. The van der Waals surface area contributed by atoms with Gasteiger partial charge in [0.15, 0.2) is 0 Å². The summed E-state index contributed by atoms with van der Waals surface area (Å²) in [6.45, 7) is 14.0. The second-order valence-corrected chi connectivity index (χ2v) is 5.33. The maximum atomic E-state index is 4.09. The standard InChI is InChI=1S/C21H19N/c1-5-15(3)22-16(4)19(6-2)20-14-18(12-13-21(20)22)17-10-8-7-9-11-17/h5-14H,1-3H2,4H3. The van der Waals surface area contributed by atoms with Gasteiger partial charge in [-0.05, 0) is 36.3 Å². The Hall–Kier alpha value is -2.80. The third-order valence-corrected chi connectivity index (χ3v) is 4.09. The van der Waals surface area contributed by atoms with Crippen LogP contribution < -0.4 is 0 Å². The second kappa shape index (κ2) is 5.53.